The third-order valence-corrected chi connectivity index (χ3v) is 4.36. The second-order valence-electron chi connectivity index (χ2n) is 4.32. The van der Waals surface area contributed by atoms with E-state index < -0.39 is 0 Å². The average molecular weight is 288 g/mol. The molecule has 0 aliphatic heterocycles. The van der Waals surface area contributed by atoms with Gasteiger partial charge in [-0.1, -0.05) is 0 Å². The van der Waals surface area contributed by atoms with Crippen LogP contribution in [0.4, 0.5) is 0 Å². The zero-order chi connectivity index (χ0) is 12.8. The number of nitrogens with one attached hydrogen (secondary N) is 1. The van der Waals surface area contributed by atoms with Gasteiger partial charge in [-0.2, -0.15) is 0 Å². The van der Waals surface area contributed by atoms with Crippen LogP contribution in [0.2, 0.25) is 0 Å². The van der Waals surface area contributed by atoms with E-state index in [-0.39, 0.29) is 5.91 Å². The van der Waals surface area contributed by atoms with Crippen molar-refractivity contribution in [1.82, 2.24) is 5.32 Å². The Kier molecular flexibility index (Phi) is 5.47. The first-order chi connectivity index (χ1) is 8.81. The summed E-state index contributed by atoms with van der Waals surface area (Å²) in [7, 11) is 0. The molecular formula is C13H18ClNO2S. The summed E-state index contributed by atoms with van der Waals surface area (Å²) < 4.78 is 5.21. The molecule has 0 spiro atoms. The Balaban J connectivity index is 1.80. The fourth-order valence-electron chi connectivity index (χ4n) is 2.08. The van der Waals surface area contributed by atoms with Gasteiger partial charge in [-0.15, -0.1) is 22.9 Å². The van der Waals surface area contributed by atoms with Crippen LogP contribution in [0.5, 0.6) is 0 Å². The lowest BCUT2D eigenvalue weighted by atomic mass is 9.99. The molecule has 1 heterocycles. The molecule has 0 bridgehead atoms. The summed E-state index contributed by atoms with van der Waals surface area (Å²) in [5.41, 5.74) is 1.37. The summed E-state index contributed by atoms with van der Waals surface area (Å²) in [5.74, 6) is 0.509. The normalized spacial score (nSPS) is 14.3. The number of carbonyl (C=O) groups is 1. The van der Waals surface area contributed by atoms with Crippen LogP contribution < -0.4 is 5.32 Å². The van der Waals surface area contributed by atoms with Gasteiger partial charge in [0.25, 0.3) is 5.91 Å². The molecule has 0 fully saturated rings. The number of halogens is 1. The lowest BCUT2D eigenvalue weighted by Crippen LogP contribution is -2.26. The minimum Gasteiger partial charge on any atom is -0.378 e. The number of carbonyl (C=O) groups excluding carboxylic acids is 1. The van der Waals surface area contributed by atoms with Crippen molar-refractivity contribution in [2.45, 2.75) is 25.7 Å². The first kappa shape index (κ1) is 13.8. The highest BCUT2D eigenvalue weighted by Gasteiger charge is 2.16. The maximum absolute atomic E-state index is 11.9. The maximum atomic E-state index is 11.9. The van der Waals surface area contributed by atoms with Crippen molar-refractivity contribution < 1.29 is 9.53 Å². The third-order valence-electron chi connectivity index (χ3n) is 2.97. The van der Waals surface area contributed by atoms with Gasteiger partial charge in [0, 0.05) is 17.3 Å². The molecule has 0 aromatic carbocycles. The van der Waals surface area contributed by atoms with Gasteiger partial charge >= 0.3 is 0 Å². The number of hydrogen-bond acceptors (Lipinski definition) is 3. The van der Waals surface area contributed by atoms with E-state index in [9.17, 15) is 4.79 Å². The molecule has 0 atom stereocenters. The molecule has 1 aliphatic carbocycles. The monoisotopic (exact) mass is 287 g/mol. The molecule has 0 unspecified atom stereocenters. The standard InChI is InChI=1S/C13H18ClNO2S/c14-5-7-17-8-6-15-13(16)12-9-10-3-1-2-4-11(10)18-12/h9H,1-8H2,(H,15,16). The number of fused-ring (bicyclic) bond motifs is 1. The summed E-state index contributed by atoms with van der Waals surface area (Å²) in [4.78, 5) is 14.1. The number of alkyl halides is 1. The van der Waals surface area contributed by atoms with Crippen molar-refractivity contribution >= 4 is 28.8 Å². The second kappa shape index (κ2) is 7.12. The zero-order valence-corrected chi connectivity index (χ0v) is 11.9. The lowest BCUT2D eigenvalue weighted by molar-refractivity contribution is 0.0927. The second-order valence-corrected chi connectivity index (χ2v) is 5.84. The van der Waals surface area contributed by atoms with Crippen LogP contribution in [0.15, 0.2) is 6.07 Å². The topological polar surface area (TPSA) is 38.3 Å². The van der Waals surface area contributed by atoms with E-state index in [0.717, 1.165) is 17.7 Å². The van der Waals surface area contributed by atoms with E-state index in [2.05, 4.69) is 5.32 Å². The SMILES string of the molecule is O=C(NCCOCCCl)c1cc2c(s1)CCCC2. The number of hydrogen-bond donors (Lipinski definition) is 1. The van der Waals surface area contributed by atoms with Gasteiger partial charge in [0.15, 0.2) is 0 Å². The molecule has 1 N–H and O–H groups in total. The van der Waals surface area contributed by atoms with Crippen LogP contribution in [-0.4, -0.2) is 31.5 Å². The van der Waals surface area contributed by atoms with Crippen molar-refractivity contribution in [3.8, 4) is 0 Å². The highest BCUT2D eigenvalue weighted by atomic mass is 35.5. The van der Waals surface area contributed by atoms with Crippen LogP contribution in [-0.2, 0) is 17.6 Å². The predicted molar refractivity (Wildman–Crippen MR) is 74.8 cm³/mol. The van der Waals surface area contributed by atoms with Crippen molar-refractivity contribution in [1.29, 1.82) is 0 Å². The summed E-state index contributed by atoms with van der Waals surface area (Å²) >= 11 is 7.12. The Morgan fingerprint density at radius 1 is 1.39 bits per heavy atom. The molecule has 3 nitrogen and oxygen atoms in total. The maximum Gasteiger partial charge on any atom is 0.261 e. The van der Waals surface area contributed by atoms with E-state index in [1.165, 1.54) is 23.3 Å². The minimum atomic E-state index is 0.0175. The Hall–Kier alpha value is -0.580. The summed E-state index contributed by atoms with van der Waals surface area (Å²) in [5, 5.41) is 2.87. The molecule has 18 heavy (non-hydrogen) atoms. The van der Waals surface area contributed by atoms with Crippen molar-refractivity contribution in [2.24, 2.45) is 0 Å². The Bertz CT molecular complexity index is 382. The van der Waals surface area contributed by atoms with Gasteiger partial charge in [-0.25, -0.2) is 0 Å². The van der Waals surface area contributed by atoms with Crippen LogP contribution in [0.1, 0.15) is 33.0 Å². The van der Waals surface area contributed by atoms with Crippen LogP contribution >= 0.6 is 22.9 Å². The quantitative estimate of drug-likeness (QED) is 0.645. The molecular weight excluding hydrogens is 270 g/mol. The third kappa shape index (κ3) is 3.70. The minimum absolute atomic E-state index is 0.0175. The smallest absolute Gasteiger partial charge is 0.261 e. The van der Waals surface area contributed by atoms with Crippen LogP contribution in [0.3, 0.4) is 0 Å². The molecule has 1 amide bonds. The molecule has 1 aromatic heterocycles. The highest BCUT2D eigenvalue weighted by Crippen LogP contribution is 2.29. The Morgan fingerprint density at radius 2 is 2.22 bits per heavy atom. The van der Waals surface area contributed by atoms with E-state index in [4.69, 9.17) is 16.3 Å². The van der Waals surface area contributed by atoms with Crippen LogP contribution in [0.25, 0.3) is 0 Å². The van der Waals surface area contributed by atoms with Gasteiger partial charge in [0.1, 0.15) is 0 Å². The van der Waals surface area contributed by atoms with Gasteiger partial charge in [0.05, 0.1) is 18.1 Å². The fourth-order valence-corrected chi connectivity index (χ4v) is 3.36. The largest absolute Gasteiger partial charge is 0.378 e. The molecule has 0 saturated carbocycles. The van der Waals surface area contributed by atoms with Gasteiger partial charge in [0.2, 0.25) is 0 Å². The highest BCUT2D eigenvalue weighted by molar-refractivity contribution is 7.14. The van der Waals surface area contributed by atoms with E-state index in [0.29, 0.717) is 25.6 Å². The number of amides is 1. The molecule has 5 heteroatoms. The number of aryl methyl sites for hydroxylation is 2. The lowest BCUT2D eigenvalue weighted by Gasteiger charge is -2.08. The molecule has 2 rings (SSSR count). The van der Waals surface area contributed by atoms with Crippen LogP contribution in [0, 0.1) is 0 Å². The fraction of sp³-hybridized carbons (Fsp3) is 0.615. The Morgan fingerprint density at radius 3 is 3.00 bits per heavy atom. The van der Waals surface area contributed by atoms with Gasteiger partial charge in [-0.05, 0) is 37.3 Å². The summed E-state index contributed by atoms with van der Waals surface area (Å²) in [6, 6.07) is 2.05. The summed E-state index contributed by atoms with van der Waals surface area (Å²) in [6.45, 7) is 1.59. The first-order valence-electron chi connectivity index (χ1n) is 6.34. The molecule has 1 aromatic rings. The van der Waals surface area contributed by atoms with E-state index in [1.807, 2.05) is 6.07 Å². The van der Waals surface area contributed by atoms with Gasteiger partial charge < -0.3 is 10.1 Å². The molecule has 100 valence electrons. The molecule has 0 radical (unpaired) electrons. The summed E-state index contributed by atoms with van der Waals surface area (Å²) in [6.07, 6.45) is 4.75. The number of ether oxygens (including phenoxy) is 1. The molecule has 1 aliphatic rings. The predicted octanol–water partition coefficient (Wildman–Crippen LogP) is 2.61. The average Bonchev–Trinajstić information content (AvgIpc) is 2.82. The van der Waals surface area contributed by atoms with Crippen molar-refractivity contribution in [3.63, 3.8) is 0 Å². The van der Waals surface area contributed by atoms with E-state index >= 15 is 0 Å². The number of rotatable bonds is 6. The van der Waals surface area contributed by atoms with Gasteiger partial charge in [-0.3, -0.25) is 4.79 Å². The number of thiophene rings is 1. The van der Waals surface area contributed by atoms with Crippen molar-refractivity contribution in [2.75, 3.05) is 25.6 Å². The van der Waals surface area contributed by atoms with Crippen molar-refractivity contribution in [3.05, 3.63) is 21.4 Å². The first-order valence-corrected chi connectivity index (χ1v) is 7.70. The van der Waals surface area contributed by atoms with E-state index in [1.54, 1.807) is 11.3 Å². The Labute approximate surface area is 116 Å². The zero-order valence-electron chi connectivity index (χ0n) is 10.3. The molecule has 0 saturated heterocycles.